The number of hydrogen-bond acceptors (Lipinski definition) is 4. The molecule has 1 heterocycles. The Bertz CT molecular complexity index is 415. The molecule has 1 aromatic heterocycles. The number of nitrogens with zero attached hydrogens (tertiary/aromatic N) is 1. The Hall–Kier alpha value is -1.52. The fourth-order valence-corrected chi connectivity index (χ4v) is 2.30. The monoisotopic (exact) mass is 222 g/mol. The van der Waals surface area contributed by atoms with Gasteiger partial charge in [-0.15, -0.1) is 0 Å². The van der Waals surface area contributed by atoms with E-state index >= 15 is 0 Å². The van der Waals surface area contributed by atoms with Crippen LogP contribution in [0, 0.1) is 11.8 Å². The first-order chi connectivity index (χ1) is 7.68. The van der Waals surface area contributed by atoms with Crippen molar-refractivity contribution in [2.45, 2.75) is 26.2 Å². The molecule has 4 N–H and O–H groups in total. The van der Waals surface area contributed by atoms with Crippen molar-refractivity contribution in [3.8, 4) is 0 Å². The lowest BCUT2D eigenvalue weighted by atomic mass is 9.98. The maximum absolute atomic E-state index is 11.2. The average molecular weight is 222 g/mol. The predicted octanol–water partition coefficient (Wildman–Crippen LogP) is 1.20. The molecule has 2 unspecified atom stereocenters. The summed E-state index contributed by atoms with van der Waals surface area (Å²) in [6.45, 7) is 3.12. The van der Waals surface area contributed by atoms with Crippen LogP contribution in [0.15, 0.2) is 11.1 Å². The van der Waals surface area contributed by atoms with Gasteiger partial charge in [-0.05, 0) is 18.3 Å². The van der Waals surface area contributed by atoms with E-state index in [0.717, 1.165) is 12.5 Å². The quantitative estimate of drug-likeness (QED) is 0.717. The zero-order valence-electron chi connectivity index (χ0n) is 9.49. The van der Waals surface area contributed by atoms with Crippen molar-refractivity contribution in [3.63, 3.8) is 0 Å². The molecule has 1 fully saturated rings. The number of aromatic amines is 1. The third-order valence-electron chi connectivity index (χ3n) is 3.46. The van der Waals surface area contributed by atoms with Gasteiger partial charge in [-0.2, -0.15) is 0 Å². The largest absolute Gasteiger partial charge is 0.391 e. The molecule has 0 saturated heterocycles. The topological polar surface area (TPSA) is 83.8 Å². The molecular weight excluding hydrogens is 204 g/mol. The van der Waals surface area contributed by atoms with Crippen LogP contribution in [0.25, 0.3) is 0 Å². The summed E-state index contributed by atoms with van der Waals surface area (Å²) in [7, 11) is 0. The van der Waals surface area contributed by atoms with Gasteiger partial charge in [-0.1, -0.05) is 19.8 Å². The molecule has 88 valence electrons. The normalized spacial score (nSPS) is 24.6. The summed E-state index contributed by atoms with van der Waals surface area (Å²) >= 11 is 0. The van der Waals surface area contributed by atoms with Crippen LogP contribution in [0.2, 0.25) is 0 Å². The Labute approximate surface area is 94.5 Å². The van der Waals surface area contributed by atoms with Gasteiger partial charge < -0.3 is 16.0 Å². The standard InChI is InChI=1S/C11H18N4O/c1-7-3-2-4-8(7)5-13-10-9(12)11(16)15-6-14-10/h6-8H,2-5,12H2,1H3,(H2,13,14,15,16). The highest BCUT2D eigenvalue weighted by Gasteiger charge is 2.23. The van der Waals surface area contributed by atoms with Crippen LogP contribution >= 0.6 is 0 Å². The maximum atomic E-state index is 11.2. The lowest BCUT2D eigenvalue weighted by Crippen LogP contribution is -2.21. The van der Waals surface area contributed by atoms with Crippen LogP contribution in [0.1, 0.15) is 26.2 Å². The number of nitrogens with one attached hydrogen (secondary N) is 2. The number of anilines is 2. The van der Waals surface area contributed by atoms with Crippen LogP contribution < -0.4 is 16.6 Å². The molecule has 5 heteroatoms. The minimum atomic E-state index is -0.281. The third-order valence-corrected chi connectivity index (χ3v) is 3.46. The summed E-state index contributed by atoms with van der Waals surface area (Å²) in [6.07, 6.45) is 5.22. The van der Waals surface area contributed by atoms with Crippen LogP contribution in [0.4, 0.5) is 11.5 Å². The lowest BCUT2D eigenvalue weighted by molar-refractivity contribution is 0.439. The third kappa shape index (κ3) is 2.18. The van der Waals surface area contributed by atoms with E-state index in [9.17, 15) is 4.79 Å². The van der Waals surface area contributed by atoms with Crippen molar-refractivity contribution in [2.24, 2.45) is 11.8 Å². The molecule has 0 bridgehead atoms. The zero-order chi connectivity index (χ0) is 11.5. The number of nitrogens with two attached hydrogens (primary N) is 1. The van der Waals surface area contributed by atoms with Crippen LogP contribution in [0.5, 0.6) is 0 Å². The molecular formula is C11H18N4O. The van der Waals surface area contributed by atoms with Crippen molar-refractivity contribution in [3.05, 3.63) is 16.7 Å². The number of rotatable bonds is 3. The first-order valence-corrected chi connectivity index (χ1v) is 5.75. The Morgan fingerprint density at radius 3 is 3.12 bits per heavy atom. The van der Waals surface area contributed by atoms with Crippen LogP contribution in [-0.4, -0.2) is 16.5 Å². The molecule has 2 atom stereocenters. The van der Waals surface area contributed by atoms with E-state index in [0.29, 0.717) is 11.7 Å². The summed E-state index contributed by atoms with van der Waals surface area (Å²) in [6, 6.07) is 0. The molecule has 1 aliphatic carbocycles. The second-order valence-corrected chi connectivity index (χ2v) is 4.54. The first kappa shape index (κ1) is 11.0. The molecule has 0 radical (unpaired) electrons. The molecule has 1 saturated carbocycles. The highest BCUT2D eigenvalue weighted by molar-refractivity contribution is 5.58. The number of hydrogen-bond donors (Lipinski definition) is 3. The molecule has 0 aliphatic heterocycles. The second-order valence-electron chi connectivity index (χ2n) is 4.54. The number of nitrogen functional groups attached to an aromatic ring is 1. The minimum absolute atomic E-state index is 0.174. The molecule has 1 aromatic rings. The molecule has 2 rings (SSSR count). The predicted molar refractivity (Wildman–Crippen MR) is 64.3 cm³/mol. The van der Waals surface area contributed by atoms with E-state index in [1.807, 2.05) is 0 Å². The summed E-state index contributed by atoms with van der Waals surface area (Å²) in [5, 5.41) is 3.17. The summed E-state index contributed by atoms with van der Waals surface area (Å²) in [4.78, 5) is 17.7. The van der Waals surface area contributed by atoms with Gasteiger partial charge in [0.05, 0.1) is 6.33 Å². The molecule has 5 nitrogen and oxygen atoms in total. The van der Waals surface area contributed by atoms with Crippen molar-refractivity contribution in [2.75, 3.05) is 17.6 Å². The fraction of sp³-hybridized carbons (Fsp3) is 0.636. The van der Waals surface area contributed by atoms with E-state index in [2.05, 4.69) is 22.2 Å². The fourth-order valence-electron chi connectivity index (χ4n) is 2.30. The smallest absolute Gasteiger partial charge is 0.276 e. The Morgan fingerprint density at radius 2 is 2.44 bits per heavy atom. The SMILES string of the molecule is CC1CCCC1CNc1nc[nH]c(=O)c1N. The van der Waals surface area contributed by atoms with Gasteiger partial charge in [0.15, 0.2) is 5.82 Å². The molecule has 1 aliphatic rings. The van der Waals surface area contributed by atoms with E-state index in [-0.39, 0.29) is 11.2 Å². The van der Waals surface area contributed by atoms with E-state index < -0.39 is 0 Å². The van der Waals surface area contributed by atoms with Crippen molar-refractivity contribution >= 4 is 11.5 Å². The van der Waals surface area contributed by atoms with Gasteiger partial charge in [-0.3, -0.25) is 4.79 Å². The summed E-state index contributed by atoms with van der Waals surface area (Å²) in [5.41, 5.74) is 5.53. The highest BCUT2D eigenvalue weighted by Crippen LogP contribution is 2.31. The Kier molecular flexibility index (Phi) is 3.12. The van der Waals surface area contributed by atoms with E-state index in [4.69, 9.17) is 5.73 Å². The lowest BCUT2D eigenvalue weighted by Gasteiger charge is -2.16. The minimum Gasteiger partial charge on any atom is -0.391 e. The molecule has 16 heavy (non-hydrogen) atoms. The summed E-state index contributed by atoms with van der Waals surface area (Å²) in [5.74, 6) is 1.92. The van der Waals surface area contributed by atoms with Crippen LogP contribution in [-0.2, 0) is 0 Å². The second kappa shape index (κ2) is 4.55. The maximum Gasteiger partial charge on any atom is 0.276 e. The molecule has 0 amide bonds. The van der Waals surface area contributed by atoms with Gasteiger partial charge in [0, 0.05) is 6.54 Å². The van der Waals surface area contributed by atoms with Crippen molar-refractivity contribution in [1.29, 1.82) is 0 Å². The van der Waals surface area contributed by atoms with Gasteiger partial charge in [0.25, 0.3) is 5.56 Å². The van der Waals surface area contributed by atoms with E-state index in [1.54, 1.807) is 0 Å². The Morgan fingerprint density at radius 1 is 1.62 bits per heavy atom. The number of H-pyrrole nitrogens is 1. The highest BCUT2D eigenvalue weighted by atomic mass is 16.1. The van der Waals surface area contributed by atoms with Gasteiger partial charge in [0.1, 0.15) is 5.69 Å². The van der Waals surface area contributed by atoms with Crippen molar-refractivity contribution < 1.29 is 0 Å². The first-order valence-electron chi connectivity index (χ1n) is 5.75. The summed E-state index contributed by atoms with van der Waals surface area (Å²) < 4.78 is 0. The average Bonchev–Trinajstić information content (AvgIpc) is 2.67. The molecule has 0 aromatic carbocycles. The van der Waals surface area contributed by atoms with Gasteiger partial charge in [0.2, 0.25) is 0 Å². The zero-order valence-corrected chi connectivity index (χ0v) is 9.49. The van der Waals surface area contributed by atoms with Gasteiger partial charge >= 0.3 is 0 Å². The Balaban J connectivity index is 1.99. The van der Waals surface area contributed by atoms with Crippen molar-refractivity contribution in [1.82, 2.24) is 9.97 Å². The number of aromatic nitrogens is 2. The molecule has 0 spiro atoms. The van der Waals surface area contributed by atoms with Crippen LogP contribution in [0.3, 0.4) is 0 Å². The van der Waals surface area contributed by atoms with E-state index in [1.165, 1.54) is 25.6 Å². The van der Waals surface area contributed by atoms with Gasteiger partial charge in [-0.25, -0.2) is 4.98 Å².